The number of benzene rings is 2. The summed E-state index contributed by atoms with van der Waals surface area (Å²) in [6, 6.07) is 13.2. The minimum absolute atomic E-state index is 0.578. The molecule has 34 heavy (non-hydrogen) atoms. The summed E-state index contributed by atoms with van der Waals surface area (Å²) in [5.74, 6) is 0. The summed E-state index contributed by atoms with van der Waals surface area (Å²) >= 11 is 0. The Morgan fingerprint density at radius 3 is 2.41 bits per heavy atom. The molecule has 4 heterocycles. The number of nitrogens with two attached hydrogens (primary N) is 1. The second kappa shape index (κ2) is 8.76. The van der Waals surface area contributed by atoms with E-state index in [1.165, 1.54) is 45.2 Å². The van der Waals surface area contributed by atoms with Crippen LogP contribution in [0.4, 0.5) is 5.69 Å². The van der Waals surface area contributed by atoms with Gasteiger partial charge in [0.25, 0.3) is 0 Å². The highest BCUT2D eigenvalue weighted by atomic mass is 15.3. The van der Waals surface area contributed by atoms with Crippen molar-refractivity contribution in [2.45, 2.75) is 38.1 Å². The van der Waals surface area contributed by atoms with Crippen molar-refractivity contribution in [3.8, 4) is 11.1 Å². The molecule has 2 saturated heterocycles. The second-order valence-electron chi connectivity index (χ2n) is 9.68. The van der Waals surface area contributed by atoms with Gasteiger partial charge in [0.2, 0.25) is 0 Å². The fraction of sp³-hybridized carbons (Fsp3) is 0.357. The Balaban J connectivity index is 1.28. The highest BCUT2D eigenvalue weighted by Gasteiger charge is 2.26. The van der Waals surface area contributed by atoms with Crippen LogP contribution in [0, 0.1) is 0 Å². The molecule has 0 radical (unpaired) electrons. The molecule has 0 atom stereocenters. The lowest BCUT2D eigenvalue weighted by molar-refractivity contribution is 0.141. The largest absolute Gasteiger partial charge is 0.399 e. The van der Waals surface area contributed by atoms with E-state index in [2.05, 4.69) is 51.9 Å². The molecule has 6 heteroatoms. The Morgan fingerprint density at radius 2 is 1.65 bits per heavy atom. The zero-order chi connectivity index (χ0) is 23.1. The number of aromatic nitrogens is 3. The Morgan fingerprint density at radius 1 is 0.882 bits per heavy atom. The first-order valence-electron chi connectivity index (χ1n) is 12.5. The van der Waals surface area contributed by atoms with Crippen molar-refractivity contribution in [2.75, 3.05) is 31.1 Å². The van der Waals surface area contributed by atoms with Gasteiger partial charge in [-0.1, -0.05) is 49.4 Å². The minimum Gasteiger partial charge on any atom is -0.399 e. The molecule has 2 aromatic carbocycles. The molecule has 2 N–H and O–H groups in total. The molecule has 4 aromatic rings. The first kappa shape index (κ1) is 21.2. The number of nitrogens with zero attached hydrogens (tertiary/aromatic N) is 5. The molecular formula is C28H32N6. The lowest BCUT2D eigenvalue weighted by Gasteiger charge is -2.40. The third-order valence-corrected chi connectivity index (χ3v) is 7.64. The number of piperidine rings is 2. The van der Waals surface area contributed by atoms with Gasteiger partial charge in [-0.3, -0.25) is 0 Å². The fourth-order valence-electron chi connectivity index (χ4n) is 5.80. The van der Waals surface area contributed by atoms with Crippen LogP contribution in [-0.2, 0) is 0 Å². The van der Waals surface area contributed by atoms with Crippen molar-refractivity contribution in [3.63, 3.8) is 0 Å². The van der Waals surface area contributed by atoms with Gasteiger partial charge >= 0.3 is 0 Å². The van der Waals surface area contributed by atoms with Gasteiger partial charge in [0.1, 0.15) is 0 Å². The number of likely N-dealkylation sites (tertiary alicyclic amines) is 1. The van der Waals surface area contributed by atoms with E-state index in [0.717, 1.165) is 57.9 Å². The highest BCUT2D eigenvalue weighted by molar-refractivity contribution is 6.04. The van der Waals surface area contributed by atoms with E-state index in [-0.39, 0.29) is 0 Å². The third kappa shape index (κ3) is 3.72. The Labute approximate surface area is 200 Å². The van der Waals surface area contributed by atoms with Gasteiger partial charge in [-0.25, -0.2) is 9.50 Å². The second-order valence-corrected chi connectivity index (χ2v) is 9.68. The van der Waals surface area contributed by atoms with Crippen LogP contribution < -0.4 is 10.6 Å². The van der Waals surface area contributed by atoms with Gasteiger partial charge in [-0.05, 0) is 55.1 Å². The minimum atomic E-state index is 0.578. The average molecular weight is 453 g/mol. The van der Waals surface area contributed by atoms with Crippen molar-refractivity contribution >= 4 is 27.8 Å². The first-order chi connectivity index (χ1) is 16.7. The zero-order valence-corrected chi connectivity index (χ0v) is 19.7. The fourth-order valence-corrected chi connectivity index (χ4v) is 5.80. The number of anilines is 1. The maximum Gasteiger partial charge on any atom is 0.162 e. The van der Waals surface area contributed by atoms with Crippen LogP contribution in [0.2, 0.25) is 0 Å². The van der Waals surface area contributed by atoms with Crippen molar-refractivity contribution < 1.29 is 0 Å². The highest BCUT2D eigenvalue weighted by Crippen LogP contribution is 2.34. The molecule has 6 nitrogen and oxygen atoms in total. The number of hydrogen-bond acceptors (Lipinski definition) is 5. The van der Waals surface area contributed by atoms with Crippen LogP contribution in [0.3, 0.4) is 0 Å². The van der Waals surface area contributed by atoms with E-state index >= 15 is 0 Å². The van der Waals surface area contributed by atoms with Crippen LogP contribution >= 0.6 is 0 Å². The molecule has 0 unspecified atom stereocenters. The SMILES string of the molecule is C=C(N)c1ccc(-c2cnn3cc(N4CCC(N5CCCCC5)CC4)cnc23)c2ccccc12. The Bertz CT molecular complexity index is 1340. The van der Waals surface area contributed by atoms with Gasteiger partial charge < -0.3 is 15.5 Å². The van der Waals surface area contributed by atoms with Gasteiger partial charge in [0, 0.05) is 36.0 Å². The normalized spacial score (nSPS) is 18.1. The van der Waals surface area contributed by atoms with E-state index in [0.29, 0.717) is 5.70 Å². The number of hydrogen-bond donors (Lipinski definition) is 1. The lowest BCUT2D eigenvalue weighted by atomic mass is 9.95. The van der Waals surface area contributed by atoms with Crippen LogP contribution in [-0.4, -0.2) is 51.7 Å². The van der Waals surface area contributed by atoms with E-state index in [1.807, 2.05) is 29.0 Å². The number of fused-ring (bicyclic) bond motifs is 2. The maximum absolute atomic E-state index is 6.05. The average Bonchev–Trinajstić information content (AvgIpc) is 3.31. The molecule has 0 aliphatic carbocycles. The van der Waals surface area contributed by atoms with Crippen molar-refractivity contribution in [1.82, 2.24) is 19.5 Å². The smallest absolute Gasteiger partial charge is 0.162 e. The monoisotopic (exact) mass is 452 g/mol. The zero-order valence-electron chi connectivity index (χ0n) is 19.7. The summed E-state index contributed by atoms with van der Waals surface area (Å²) < 4.78 is 1.92. The summed E-state index contributed by atoms with van der Waals surface area (Å²) in [6.07, 6.45) is 12.6. The van der Waals surface area contributed by atoms with Crippen LogP contribution in [0.15, 0.2) is 61.6 Å². The number of rotatable bonds is 4. The predicted octanol–water partition coefficient (Wildman–Crippen LogP) is 4.93. The molecule has 6 rings (SSSR count). The molecule has 2 aromatic heterocycles. The van der Waals surface area contributed by atoms with Gasteiger partial charge in [-0.2, -0.15) is 5.10 Å². The third-order valence-electron chi connectivity index (χ3n) is 7.64. The van der Waals surface area contributed by atoms with Crippen LogP contribution in [0.25, 0.3) is 33.2 Å². The molecular weight excluding hydrogens is 420 g/mol. The summed E-state index contributed by atoms with van der Waals surface area (Å²) in [6.45, 7) is 8.67. The van der Waals surface area contributed by atoms with E-state index in [4.69, 9.17) is 10.7 Å². The molecule has 2 aliphatic heterocycles. The first-order valence-corrected chi connectivity index (χ1v) is 12.5. The van der Waals surface area contributed by atoms with Gasteiger partial charge in [-0.15, -0.1) is 0 Å². The molecule has 0 spiro atoms. The topological polar surface area (TPSA) is 62.7 Å². The summed E-state index contributed by atoms with van der Waals surface area (Å²) in [5, 5.41) is 6.91. The molecule has 174 valence electrons. The molecule has 0 amide bonds. The van der Waals surface area contributed by atoms with E-state index < -0.39 is 0 Å². The molecule has 2 fully saturated rings. The summed E-state index contributed by atoms with van der Waals surface area (Å²) in [5.41, 5.74) is 11.8. The Kier molecular flexibility index (Phi) is 5.46. The van der Waals surface area contributed by atoms with Crippen LogP contribution in [0.5, 0.6) is 0 Å². The lowest BCUT2D eigenvalue weighted by Crippen LogP contribution is -2.46. The van der Waals surface area contributed by atoms with Crippen LogP contribution in [0.1, 0.15) is 37.7 Å². The summed E-state index contributed by atoms with van der Waals surface area (Å²) in [4.78, 5) is 10.1. The predicted molar refractivity (Wildman–Crippen MR) is 140 cm³/mol. The molecule has 0 saturated carbocycles. The van der Waals surface area contributed by atoms with Gasteiger partial charge in [0.05, 0.1) is 24.3 Å². The van der Waals surface area contributed by atoms with Crippen molar-refractivity contribution in [3.05, 3.63) is 67.1 Å². The standard InChI is InChI=1S/C28H32N6/c1-20(29)23-9-10-26(25-8-4-3-7-24(23)25)27-18-31-34-19-22(17-30-28(27)34)33-15-11-21(12-16-33)32-13-5-2-6-14-32/h3-4,7-10,17-19,21H,1-2,5-6,11-16,29H2. The molecule has 0 bridgehead atoms. The molecule has 2 aliphatic rings. The van der Waals surface area contributed by atoms with E-state index in [9.17, 15) is 0 Å². The Hall–Kier alpha value is -3.38. The van der Waals surface area contributed by atoms with Gasteiger partial charge in [0.15, 0.2) is 5.65 Å². The summed E-state index contributed by atoms with van der Waals surface area (Å²) in [7, 11) is 0. The van der Waals surface area contributed by atoms with Crippen molar-refractivity contribution in [1.29, 1.82) is 0 Å². The van der Waals surface area contributed by atoms with Crippen molar-refractivity contribution in [2.24, 2.45) is 5.73 Å². The quantitative estimate of drug-likeness (QED) is 0.476. The van der Waals surface area contributed by atoms with E-state index in [1.54, 1.807) is 0 Å². The maximum atomic E-state index is 6.05.